The Balaban J connectivity index is 1.47. The van der Waals surface area contributed by atoms with Gasteiger partial charge >= 0.3 is 0 Å². The van der Waals surface area contributed by atoms with E-state index in [4.69, 9.17) is 9.47 Å². The molecule has 2 aliphatic heterocycles. The molecular formula is C16H26N4O2. The summed E-state index contributed by atoms with van der Waals surface area (Å²) in [5, 5.41) is 0. The maximum atomic E-state index is 6.06. The van der Waals surface area contributed by atoms with E-state index < -0.39 is 0 Å². The van der Waals surface area contributed by atoms with Gasteiger partial charge in [0.2, 0.25) is 5.95 Å². The van der Waals surface area contributed by atoms with Crippen LogP contribution in [0, 0.1) is 5.92 Å². The van der Waals surface area contributed by atoms with Gasteiger partial charge < -0.3 is 19.3 Å². The van der Waals surface area contributed by atoms with Gasteiger partial charge in [0.1, 0.15) is 5.82 Å². The summed E-state index contributed by atoms with van der Waals surface area (Å²) in [6, 6.07) is 1.93. The Hall–Kier alpha value is -1.40. The van der Waals surface area contributed by atoms with Gasteiger partial charge in [-0.05, 0) is 25.3 Å². The molecule has 0 spiro atoms. The molecule has 0 bridgehead atoms. The Morgan fingerprint density at radius 2 is 2.14 bits per heavy atom. The van der Waals surface area contributed by atoms with Crippen molar-refractivity contribution in [1.29, 1.82) is 0 Å². The second kappa shape index (κ2) is 7.24. The Morgan fingerprint density at radius 3 is 2.82 bits per heavy atom. The van der Waals surface area contributed by atoms with Crippen molar-refractivity contribution in [2.75, 3.05) is 56.8 Å². The summed E-state index contributed by atoms with van der Waals surface area (Å²) in [7, 11) is 4.00. The van der Waals surface area contributed by atoms with Gasteiger partial charge in [0, 0.05) is 45.9 Å². The zero-order valence-electron chi connectivity index (χ0n) is 13.6. The fourth-order valence-corrected chi connectivity index (χ4v) is 2.95. The molecule has 0 N–H and O–H groups in total. The Morgan fingerprint density at radius 1 is 1.32 bits per heavy atom. The van der Waals surface area contributed by atoms with Crippen LogP contribution in [0.5, 0.6) is 0 Å². The van der Waals surface area contributed by atoms with Gasteiger partial charge in [-0.1, -0.05) is 0 Å². The lowest BCUT2D eigenvalue weighted by molar-refractivity contribution is 0.0130. The molecule has 1 aromatic heterocycles. The van der Waals surface area contributed by atoms with E-state index >= 15 is 0 Å². The molecule has 0 aliphatic carbocycles. The minimum Gasteiger partial charge on any atom is -0.381 e. The highest BCUT2D eigenvalue weighted by Crippen LogP contribution is 2.21. The molecule has 0 saturated carbocycles. The van der Waals surface area contributed by atoms with E-state index in [1.807, 2.05) is 31.3 Å². The van der Waals surface area contributed by atoms with E-state index in [0.29, 0.717) is 12.0 Å². The van der Waals surface area contributed by atoms with Crippen LogP contribution in [0.2, 0.25) is 0 Å². The number of piperidine rings is 1. The van der Waals surface area contributed by atoms with Crippen LogP contribution in [0.25, 0.3) is 0 Å². The third kappa shape index (κ3) is 3.87. The van der Waals surface area contributed by atoms with Crippen molar-refractivity contribution in [1.82, 2.24) is 9.97 Å². The van der Waals surface area contributed by atoms with Crippen LogP contribution in [-0.4, -0.2) is 63.1 Å². The number of ether oxygens (including phenoxy) is 2. The monoisotopic (exact) mass is 306 g/mol. The molecule has 2 fully saturated rings. The average molecular weight is 306 g/mol. The molecule has 6 heteroatoms. The maximum Gasteiger partial charge on any atom is 0.227 e. The predicted molar refractivity (Wildman–Crippen MR) is 86.5 cm³/mol. The van der Waals surface area contributed by atoms with E-state index in [1.54, 1.807) is 0 Å². The Bertz CT molecular complexity index is 469. The largest absolute Gasteiger partial charge is 0.381 e. The molecule has 1 unspecified atom stereocenters. The first-order valence-electron chi connectivity index (χ1n) is 8.17. The Labute approximate surface area is 132 Å². The summed E-state index contributed by atoms with van der Waals surface area (Å²) in [5.41, 5.74) is 0. The van der Waals surface area contributed by atoms with Gasteiger partial charge in [0.25, 0.3) is 0 Å². The summed E-state index contributed by atoms with van der Waals surface area (Å²) in [5.74, 6) is 2.37. The molecule has 1 aromatic rings. The van der Waals surface area contributed by atoms with Gasteiger partial charge in [-0.3, -0.25) is 0 Å². The van der Waals surface area contributed by atoms with Crippen LogP contribution < -0.4 is 9.80 Å². The fraction of sp³-hybridized carbons (Fsp3) is 0.750. The lowest BCUT2D eigenvalue weighted by atomic mass is 10.1. The molecular weight excluding hydrogens is 280 g/mol. The van der Waals surface area contributed by atoms with Gasteiger partial charge in [0.05, 0.1) is 19.3 Å². The van der Waals surface area contributed by atoms with Crippen molar-refractivity contribution in [3.63, 3.8) is 0 Å². The number of anilines is 2. The normalized spacial score (nSPS) is 23.0. The molecule has 0 radical (unpaired) electrons. The standard InChI is InChI=1S/C16H26N4O2/c1-19(2)15-3-7-17-16(18-15)20-8-4-14(5-9-20)22-12-13-6-10-21-11-13/h3,7,13-14H,4-6,8-12H2,1-2H3. The van der Waals surface area contributed by atoms with Crippen LogP contribution in [0.4, 0.5) is 11.8 Å². The molecule has 1 atom stereocenters. The van der Waals surface area contributed by atoms with Crippen molar-refractivity contribution in [2.24, 2.45) is 5.92 Å². The summed E-state index contributed by atoms with van der Waals surface area (Å²) in [6.45, 7) is 4.53. The number of hydrogen-bond acceptors (Lipinski definition) is 6. The predicted octanol–water partition coefficient (Wildman–Crippen LogP) is 1.56. The minimum atomic E-state index is 0.369. The lowest BCUT2D eigenvalue weighted by Gasteiger charge is -2.32. The van der Waals surface area contributed by atoms with Crippen LogP contribution in [0.3, 0.4) is 0 Å². The highest BCUT2D eigenvalue weighted by Gasteiger charge is 2.24. The van der Waals surface area contributed by atoms with Crippen molar-refractivity contribution >= 4 is 11.8 Å². The summed E-state index contributed by atoms with van der Waals surface area (Å²) in [4.78, 5) is 13.3. The number of hydrogen-bond donors (Lipinski definition) is 0. The van der Waals surface area contributed by atoms with E-state index in [9.17, 15) is 0 Å². The number of rotatable bonds is 5. The van der Waals surface area contributed by atoms with Gasteiger partial charge in [0.15, 0.2) is 0 Å². The SMILES string of the molecule is CN(C)c1ccnc(N2CCC(OCC3CCOC3)CC2)n1. The fourth-order valence-electron chi connectivity index (χ4n) is 2.95. The first-order valence-corrected chi connectivity index (χ1v) is 8.17. The lowest BCUT2D eigenvalue weighted by Crippen LogP contribution is -2.38. The minimum absolute atomic E-state index is 0.369. The van der Waals surface area contributed by atoms with Crippen LogP contribution in [0.1, 0.15) is 19.3 Å². The quantitative estimate of drug-likeness (QED) is 0.823. The van der Waals surface area contributed by atoms with Crippen molar-refractivity contribution in [3.05, 3.63) is 12.3 Å². The smallest absolute Gasteiger partial charge is 0.227 e. The van der Waals surface area contributed by atoms with Crippen LogP contribution in [0.15, 0.2) is 12.3 Å². The molecule has 2 saturated heterocycles. The molecule has 6 nitrogen and oxygen atoms in total. The van der Waals surface area contributed by atoms with Gasteiger partial charge in [-0.15, -0.1) is 0 Å². The summed E-state index contributed by atoms with van der Waals surface area (Å²) < 4.78 is 11.5. The third-order valence-electron chi connectivity index (χ3n) is 4.40. The molecule has 22 heavy (non-hydrogen) atoms. The first-order chi connectivity index (χ1) is 10.7. The van der Waals surface area contributed by atoms with Crippen LogP contribution in [-0.2, 0) is 9.47 Å². The molecule has 0 aromatic carbocycles. The molecule has 3 heterocycles. The van der Waals surface area contributed by atoms with Crippen molar-refractivity contribution < 1.29 is 9.47 Å². The van der Waals surface area contributed by atoms with E-state index in [2.05, 4.69) is 14.9 Å². The highest BCUT2D eigenvalue weighted by molar-refractivity contribution is 5.42. The van der Waals surface area contributed by atoms with Gasteiger partial charge in [-0.2, -0.15) is 4.98 Å². The second-order valence-corrected chi connectivity index (χ2v) is 6.36. The zero-order valence-corrected chi connectivity index (χ0v) is 13.6. The van der Waals surface area contributed by atoms with Crippen LogP contribution >= 0.6 is 0 Å². The maximum absolute atomic E-state index is 6.06. The average Bonchev–Trinajstić information content (AvgIpc) is 3.07. The Kier molecular flexibility index (Phi) is 5.10. The summed E-state index contributed by atoms with van der Waals surface area (Å²) in [6.07, 6.45) is 5.44. The van der Waals surface area contributed by atoms with Crippen molar-refractivity contribution in [3.8, 4) is 0 Å². The highest BCUT2D eigenvalue weighted by atomic mass is 16.5. The zero-order chi connectivity index (χ0) is 15.4. The third-order valence-corrected chi connectivity index (χ3v) is 4.40. The molecule has 3 rings (SSSR count). The molecule has 2 aliphatic rings. The van der Waals surface area contributed by atoms with E-state index in [1.165, 1.54) is 0 Å². The van der Waals surface area contributed by atoms with Gasteiger partial charge in [-0.25, -0.2) is 4.98 Å². The number of nitrogens with zero attached hydrogens (tertiary/aromatic N) is 4. The van der Waals surface area contributed by atoms with E-state index in [0.717, 1.165) is 63.9 Å². The van der Waals surface area contributed by atoms with Crippen molar-refractivity contribution in [2.45, 2.75) is 25.4 Å². The number of aromatic nitrogens is 2. The summed E-state index contributed by atoms with van der Waals surface area (Å²) >= 11 is 0. The first kappa shape index (κ1) is 15.5. The van der Waals surface area contributed by atoms with E-state index in [-0.39, 0.29) is 0 Å². The molecule has 122 valence electrons. The molecule has 0 amide bonds. The topological polar surface area (TPSA) is 50.7 Å². The second-order valence-electron chi connectivity index (χ2n) is 6.36.